The number of ether oxygens (including phenoxy) is 1. The Bertz CT molecular complexity index is 661. The molecule has 0 aliphatic heterocycles. The van der Waals surface area contributed by atoms with Gasteiger partial charge in [-0.3, -0.25) is 9.59 Å². The number of nitrogens with one attached hydrogen (secondary N) is 2. The normalized spacial score (nSPS) is 13.0. The van der Waals surface area contributed by atoms with Crippen molar-refractivity contribution in [2.45, 2.75) is 18.6 Å². The van der Waals surface area contributed by atoms with E-state index in [1.165, 1.54) is 18.4 Å². The van der Waals surface area contributed by atoms with Crippen LogP contribution >= 0.6 is 11.3 Å². The zero-order chi connectivity index (χ0) is 18.1. The van der Waals surface area contributed by atoms with Crippen molar-refractivity contribution in [2.75, 3.05) is 20.3 Å². The molecule has 0 spiro atoms. The fourth-order valence-corrected chi connectivity index (χ4v) is 2.92. The van der Waals surface area contributed by atoms with Crippen LogP contribution in [0.5, 0.6) is 0 Å². The van der Waals surface area contributed by atoms with E-state index in [9.17, 15) is 14.7 Å². The minimum absolute atomic E-state index is 0.0623. The highest BCUT2D eigenvalue weighted by Gasteiger charge is 2.22. The summed E-state index contributed by atoms with van der Waals surface area (Å²) in [4.78, 5) is 25.3. The van der Waals surface area contributed by atoms with Crippen LogP contribution in [0.1, 0.15) is 15.2 Å². The molecule has 2 amide bonds. The zero-order valence-corrected chi connectivity index (χ0v) is 14.8. The van der Waals surface area contributed by atoms with Crippen LogP contribution in [-0.2, 0) is 16.0 Å². The van der Waals surface area contributed by atoms with Gasteiger partial charge in [-0.05, 0) is 17.0 Å². The molecule has 0 aliphatic carbocycles. The van der Waals surface area contributed by atoms with Gasteiger partial charge in [0.2, 0.25) is 5.91 Å². The molecule has 0 aliphatic rings. The molecular weight excluding hydrogens is 340 g/mol. The van der Waals surface area contributed by atoms with Crippen LogP contribution in [0, 0.1) is 0 Å². The first-order valence-corrected chi connectivity index (χ1v) is 8.81. The van der Waals surface area contributed by atoms with Gasteiger partial charge in [0.1, 0.15) is 6.04 Å². The van der Waals surface area contributed by atoms with E-state index in [0.717, 1.165) is 5.56 Å². The molecule has 0 bridgehead atoms. The van der Waals surface area contributed by atoms with Crippen LogP contribution in [-0.4, -0.2) is 49.3 Å². The number of carbonyl (C=O) groups is 2. The Morgan fingerprint density at radius 2 is 1.96 bits per heavy atom. The number of hydrogen-bond donors (Lipinski definition) is 3. The summed E-state index contributed by atoms with van der Waals surface area (Å²) in [7, 11) is 1.48. The molecule has 1 heterocycles. The van der Waals surface area contributed by atoms with Gasteiger partial charge in [-0.15, -0.1) is 11.3 Å². The highest BCUT2D eigenvalue weighted by Crippen LogP contribution is 2.10. The number of methoxy groups -OCH3 is 1. The molecule has 0 saturated heterocycles. The molecule has 0 saturated carbocycles. The number of carbonyl (C=O) groups excluding carboxylic acids is 2. The first-order valence-electron chi connectivity index (χ1n) is 7.93. The summed E-state index contributed by atoms with van der Waals surface area (Å²) in [5.74, 6) is -0.632. The maximum atomic E-state index is 12.5. The topological polar surface area (TPSA) is 87.7 Å². The van der Waals surface area contributed by atoms with Crippen LogP contribution in [0.2, 0.25) is 0 Å². The molecule has 25 heavy (non-hydrogen) atoms. The van der Waals surface area contributed by atoms with Gasteiger partial charge in [-0.2, -0.15) is 0 Å². The van der Waals surface area contributed by atoms with Gasteiger partial charge in [0.15, 0.2) is 0 Å². The highest BCUT2D eigenvalue weighted by molar-refractivity contribution is 7.12. The van der Waals surface area contributed by atoms with E-state index < -0.39 is 12.1 Å². The van der Waals surface area contributed by atoms with Gasteiger partial charge in [-0.25, -0.2) is 0 Å². The fourth-order valence-electron chi connectivity index (χ4n) is 2.29. The predicted octanol–water partition coefficient (Wildman–Crippen LogP) is 1.21. The number of benzene rings is 1. The Kier molecular flexibility index (Phi) is 7.59. The maximum absolute atomic E-state index is 12.5. The van der Waals surface area contributed by atoms with Crippen molar-refractivity contribution in [3.63, 3.8) is 0 Å². The molecule has 1 aromatic heterocycles. The first kappa shape index (κ1) is 19.1. The van der Waals surface area contributed by atoms with E-state index in [1.54, 1.807) is 12.1 Å². The van der Waals surface area contributed by atoms with Crippen molar-refractivity contribution in [1.82, 2.24) is 10.6 Å². The van der Waals surface area contributed by atoms with Crippen molar-refractivity contribution >= 4 is 23.2 Å². The third kappa shape index (κ3) is 6.30. The maximum Gasteiger partial charge on any atom is 0.262 e. The zero-order valence-electron chi connectivity index (χ0n) is 14.0. The number of aliphatic hydroxyl groups excluding tert-OH is 1. The minimum atomic E-state index is -0.792. The molecule has 2 atom stereocenters. The van der Waals surface area contributed by atoms with Gasteiger partial charge in [0.05, 0.1) is 17.6 Å². The molecular formula is C18H22N2O4S. The van der Waals surface area contributed by atoms with Crippen LogP contribution in [0.4, 0.5) is 0 Å². The van der Waals surface area contributed by atoms with E-state index in [0.29, 0.717) is 11.3 Å². The first-order chi connectivity index (χ1) is 12.1. The fraction of sp³-hybridized carbons (Fsp3) is 0.333. The third-order valence-electron chi connectivity index (χ3n) is 3.52. The number of aliphatic hydroxyl groups is 1. The third-order valence-corrected chi connectivity index (χ3v) is 4.39. The van der Waals surface area contributed by atoms with Crippen LogP contribution in [0.15, 0.2) is 47.8 Å². The summed E-state index contributed by atoms with van der Waals surface area (Å²) in [6.07, 6.45) is -0.427. The summed E-state index contributed by atoms with van der Waals surface area (Å²) in [6.45, 7) is 0.192. The molecule has 2 rings (SSSR count). The quantitative estimate of drug-likeness (QED) is 0.626. The SMILES string of the molecule is COC[C@@H](O)CNC(=O)[C@@H](Cc1ccccc1)NC(=O)c1cccs1. The minimum Gasteiger partial charge on any atom is -0.389 e. The molecule has 0 fully saturated rings. The molecule has 134 valence electrons. The summed E-state index contributed by atoms with van der Waals surface area (Å²) >= 11 is 1.32. The lowest BCUT2D eigenvalue weighted by molar-refractivity contribution is -0.123. The second-order valence-corrected chi connectivity index (χ2v) is 6.50. The largest absolute Gasteiger partial charge is 0.389 e. The van der Waals surface area contributed by atoms with Crippen molar-refractivity contribution < 1.29 is 19.4 Å². The van der Waals surface area contributed by atoms with Gasteiger partial charge < -0.3 is 20.5 Å². The second-order valence-electron chi connectivity index (χ2n) is 5.55. The lowest BCUT2D eigenvalue weighted by Gasteiger charge is -2.19. The molecule has 3 N–H and O–H groups in total. The van der Waals surface area contributed by atoms with Crippen molar-refractivity contribution in [3.05, 3.63) is 58.3 Å². The lowest BCUT2D eigenvalue weighted by atomic mass is 10.0. The van der Waals surface area contributed by atoms with E-state index in [-0.39, 0.29) is 25.0 Å². The molecule has 6 nitrogen and oxygen atoms in total. The average molecular weight is 362 g/mol. The molecule has 7 heteroatoms. The molecule has 0 unspecified atom stereocenters. The highest BCUT2D eigenvalue weighted by atomic mass is 32.1. The van der Waals surface area contributed by atoms with Crippen LogP contribution in [0.25, 0.3) is 0 Å². The van der Waals surface area contributed by atoms with E-state index in [2.05, 4.69) is 10.6 Å². The Morgan fingerprint density at radius 1 is 1.20 bits per heavy atom. The Morgan fingerprint density at radius 3 is 2.60 bits per heavy atom. The summed E-state index contributed by atoms with van der Waals surface area (Å²) in [6, 6.07) is 12.2. The van der Waals surface area contributed by atoms with Crippen LogP contribution in [0.3, 0.4) is 0 Å². The van der Waals surface area contributed by atoms with E-state index >= 15 is 0 Å². The molecule has 2 aromatic rings. The molecule has 1 aromatic carbocycles. The summed E-state index contributed by atoms with van der Waals surface area (Å²) in [5.41, 5.74) is 0.937. The van der Waals surface area contributed by atoms with Crippen LogP contribution < -0.4 is 10.6 Å². The number of rotatable bonds is 9. The van der Waals surface area contributed by atoms with Gasteiger partial charge in [0.25, 0.3) is 5.91 Å². The Balaban J connectivity index is 2.02. The number of thiophene rings is 1. The summed E-state index contributed by atoms with van der Waals surface area (Å²) in [5, 5.41) is 16.9. The average Bonchev–Trinajstić information content (AvgIpc) is 3.15. The Hall–Kier alpha value is -2.22. The Labute approximate surface area is 150 Å². The van der Waals surface area contributed by atoms with E-state index in [4.69, 9.17) is 4.74 Å². The van der Waals surface area contributed by atoms with Crippen molar-refractivity contribution in [1.29, 1.82) is 0 Å². The van der Waals surface area contributed by atoms with Gasteiger partial charge in [0, 0.05) is 20.1 Å². The number of amides is 2. The summed E-state index contributed by atoms with van der Waals surface area (Å²) < 4.78 is 4.84. The van der Waals surface area contributed by atoms with Gasteiger partial charge >= 0.3 is 0 Å². The lowest BCUT2D eigenvalue weighted by Crippen LogP contribution is -2.49. The van der Waals surface area contributed by atoms with Crippen molar-refractivity contribution in [3.8, 4) is 0 Å². The predicted molar refractivity (Wildman–Crippen MR) is 96.6 cm³/mol. The smallest absolute Gasteiger partial charge is 0.262 e. The van der Waals surface area contributed by atoms with E-state index in [1.807, 2.05) is 35.7 Å². The van der Waals surface area contributed by atoms with Gasteiger partial charge in [-0.1, -0.05) is 36.4 Å². The second kappa shape index (κ2) is 9.93. The number of hydrogen-bond acceptors (Lipinski definition) is 5. The molecule has 0 radical (unpaired) electrons. The monoisotopic (exact) mass is 362 g/mol. The standard InChI is InChI=1S/C18H22N2O4S/c1-24-12-14(21)11-19-17(22)15(10-13-6-3-2-4-7-13)20-18(23)16-8-5-9-25-16/h2-9,14-15,21H,10-12H2,1H3,(H,19,22)(H,20,23)/t14-,15+/m0/s1. The van der Waals surface area contributed by atoms with Crippen molar-refractivity contribution in [2.24, 2.45) is 0 Å².